The van der Waals surface area contributed by atoms with Crippen molar-refractivity contribution in [2.24, 2.45) is 0 Å². The summed E-state index contributed by atoms with van der Waals surface area (Å²) in [6, 6.07) is 10.1. The van der Waals surface area contributed by atoms with Crippen molar-refractivity contribution in [1.29, 1.82) is 0 Å². The SMILES string of the molecule is CCCCCCCCN(CCCCCCCC)c1cc(C)c(Cc2c(C)cc(N(CCCCCCCC)CCCCCCCC)cc2C)c(C)c1.CO. The van der Waals surface area contributed by atoms with E-state index in [0.717, 1.165) is 13.5 Å². The monoisotopic (exact) mass is 735 g/mol. The van der Waals surface area contributed by atoms with E-state index in [1.165, 1.54) is 225 Å². The molecule has 0 spiro atoms. The minimum absolute atomic E-state index is 1.00. The first kappa shape index (κ1) is 49.0. The molecule has 0 aliphatic carbocycles. The van der Waals surface area contributed by atoms with Crippen molar-refractivity contribution in [2.45, 2.75) is 216 Å². The highest BCUT2D eigenvalue weighted by atomic mass is 16.2. The Morgan fingerprint density at radius 3 is 0.774 bits per heavy atom. The van der Waals surface area contributed by atoms with Gasteiger partial charge in [0.1, 0.15) is 0 Å². The van der Waals surface area contributed by atoms with Crippen LogP contribution in [0.2, 0.25) is 0 Å². The summed E-state index contributed by atoms with van der Waals surface area (Å²) in [7, 11) is 1.00. The number of unbranched alkanes of at least 4 members (excludes halogenated alkanes) is 20. The fourth-order valence-electron chi connectivity index (χ4n) is 8.11. The maximum atomic E-state index is 7.00. The molecule has 0 unspecified atom stereocenters. The summed E-state index contributed by atoms with van der Waals surface area (Å²) in [4.78, 5) is 5.47. The third kappa shape index (κ3) is 21.0. The predicted octanol–water partition coefficient (Wildman–Crippen LogP) is 15.2. The van der Waals surface area contributed by atoms with Gasteiger partial charge in [-0.15, -0.1) is 0 Å². The first-order chi connectivity index (χ1) is 25.9. The minimum atomic E-state index is 1.00. The molecule has 2 aromatic carbocycles. The van der Waals surface area contributed by atoms with Gasteiger partial charge in [0.05, 0.1) is 0 Å². The molecule has 53 heavy (non-hydrogen) atoms. The van der Waals surface area contributed by atoms with E-state index in [1.54, 1.807) is 0 Å². The molecule has 306 valence electrons. The summed E-state index contributed by atoms with van der Waals surface area (Å²) >= 11 is 0. The number of hydrogen-bond acceptors (Lipinski definition) is 3. The Morgan fingerprint density at radius 2 is 0.547 bits per heavy atom. The first-order valence-electron chi connectivity index (χ1n) is 23.0. The van der Waals surface area contributed by atoms with Gasteiger partial charge < -0.3 is 14.9 Å². The second-order valence-corrected chi connectivity index (χ2v) is 16.3. The summed E-state index contributed by atoms with van der Waals surface area (Å²) in [6.07, 6.45) is 33.8. The number of aliphatic hydroxyl groups is 1. The van der Waals surface area contributed by atoms with Gasteiger partial charge in [0.15, 0.2) is 0 Å². The number of aliphatic hydroxyl groups excluding tert-OH is 1. The van der Waals surface area contributed by atoms with E-state index < -0.39 is 0 Å². The Labute approximate surface area is 332 Å². The van der Waals surface area contributed by atoms with Gasteiger partial charge in [-0.25, -0.2) is 0 Å². The van der Waals surface area contributed by atoms with Crippen LogP contribution in [0.3, 0.4) is 0 Å². The van der Waals surface area contributed by atoms with Crippen LogP contribution in [0.15, 0.2) is 24.3 Å². The quantitative estimate of drug-likeness (QED) is 0.0758. The van der Waals surface area contributed by atoms with Crippen LogP contribution in [0.1, 0.15) is 215 Å². The molecule has 0 bridgehead atoms. The van der Waals surface area contributed by atoms with E-state index in [4.69, 9.17) is 5.11 Å². The highest BCUT2D eigenvalue weighted by Gasteiger charge is 2.16. The lowest BCUT2D eigenvalue weighted by atomic mass is 9.90. The van der Waals surface area contributed by atoms with Crippen LogP contribution in [-0.2, 0) is 6.42 Å². The largest absolute Gasteiger partial charge is 0.400 e. The van der Waals surface area contributed by atoms with Gasteiger partial charge in [-0.2, -0.15) is 0 Å². The Bertz CT molecular complexity index is 989. The number of nitrogens with zero attached hydrogens (tertiary/aromatic N) is 2. The van der Waals surface area contributed by atoms with Crippen molar-refractivity contribution in [3.8, 4) is 0 Å². The normalized spacial score (nSPS) is 11.1. The van der Waals surface area contributed by atoms with Gasteiger partial charge in [0, 0.05) is 44.7 Å². The number of benzene rings is 2. The molecule has 0 atom stereocenters. The van der Waals surface area contributed by atoms with Gasteiger partial charge in [-0.1, -0.05) is 156 Å². The predicted molar refractivity (Wildman–Crippen MR) is 241 cm³/mol. The van der Waals surface area contributed by atoms with Crippen LogP contribution >= 0.6 is 0 Å². The number of anilines is 2. The van der Waals surface area contributed by atoms with Crippen molar-refractivity contribution in [1.82, 2.24) is 0 Å². The maximum absolute atomic E-state index is 7.00. The van der Waals surface area contributed by atoms with E-state index in [0.29, 0.717) is 0 Å². The lowest BCUT2D eigenvalue weighted by Crippen LogP contribution is -2.26. The highest BCUT2D eigenvalue weighted by molar-refractivity contribution is 5.58. The Balaban J connectivity index is 0.00000690. The van der Waals surface area contributed by atoms with Gasteiger partial charge in [-0.05, 0) is 117 Å². The summed E-state index contributed by atoms with van der Waals surface area (Å²) in [5.74, 6) is 0. The van der Waals surface area contributed by atoms with Crippen molar-refractivity contribution in [3.05, 3.63) is 57.6 Å². The second kappa shape index (κ2) is 32.3. The molecule has 3 heteroatoms. The molecule has 1 N–H and O–H groups in total. The molecule has 0 amide bonds. The molecule has 0 aromatic heterocycles. The van der Waals surface area contributed by atoms with Crippen LogP contribution < -0.4 is 9.80 Å². The molecule has 0 saturated heterocycles. The molecule has 2 aromatic rings. The van der Waals surface area contributed by atoms with Crippen LogP contribution in [0.5, 0.6) is 0 Å². The van der Waals surface area contributed by atoms with Crippen molar-refractivity contribution in [2.75, 3.05) is 43.1 Å². The summed E-state index contributed by atoms with van der Waals surface area (Å²) < 4.78 is 0. The zero-order valence-corrected chi connectivity index (χ0v) is 37.2. The minimum Gasteiger partial charge on any atom is -0.400 e. The number of rotatable bonds is 32. The van der Waals surface area contributed by atoms with Crippen molar-refractivity contribution in [3.63, 3.8) is 0 Å². The van der Waals surface area contributed by atoms with Crippen LogP contribution in [-0.4, -0.2) is 38.4 Å². The highest BCUT2D eigenvalue weighted by Crippen LogP contribution is 2.31. The Morgan fingerprint density at radius 1 is 0.340 bits per heavy atom. The molecular formula is C50H90N2O. The summed E-state index contributed by atoms with van der Waals surface area (Å²) in [6.45, 7) is 23.6. The molecule has 0 saturated carbocycles. The van der Waals surface area contributed by atoms with Crippen molar-refractivity contribution >= 4 is 11.4 Å². The van der Waals surface area contributed by atoms with E-state index in [1.807, 2.05) is 0 Å². The Kier molecular flexibility index (Phi) is 29.8. The Hall–Kier alpha value is -2.00. The maximum Gasteiger partial charge on any atom is 0.0371 e. The zero-order valence-electron chi connectivity index (χ0n) is 37.2. The van der Waals surface area contributed by atoms with Crippen molar-refractivity contribution < 1.29 is 5.11 Å². The van der Waals surface area contributed by atoms with Gasteiger partial charge >= 0.3 is 0 Å². The zero-order chi connectivity index (χ0) is 39.1. The molecule has 0 aliphatic heterocycles. The lowest BCUT2D eigenvalue weighted by molar-refractivity contribution is 0.399. The topological polar surface area (TPSA) is 26.7 Å². The van der Waals surface area contributed by atoms with Crippen LogP contribution in [0.4, 0.5) is 11.4 Å². The molecule has 0 radical (unpaired) electrons. The lowest BCUT2D eigenvalue weighted by Gasteiger charge is -2.28. The van der Waals surface area contributed by atoms with Gasteiger partial charge in [0.25, 0.3) is 0 Å². The molecule has 3 nitrogen and oxygen atoms in total. The molecule has 0 fully saturated rings. The fraction of sp³-hybridized carbons (Fsp3) is 0.760. The molecule has 2 rings (SSSR count). The third-order valence-electron chi connectivity index (χ3n) is 11.6. The van der Waals surface area contributed by atoms with Gasteiger partial charge in [0.2, 0.25) is 0 Å². The van der Waals surface area contributed by atoms with Crippen LogP contribution in [0, 0.1) is 27.7 Å². The first-order valence-corrected chi connectivity index (χ1v) is 23.0. The van der Waals surface area contributed by atoms with E-state index >= 15 is 0 Å². The smallest absolute Gasteiger partial charge is 0.0371 e. The standard InChI is InChI=1S/C49H86N2.CH4O/c1-9-13-17-21-25-29-33-50(34-30-26-22-18-14-10-2)46-37-42(5)48(43(6)38-46)41-49-44(7)39-47(40-45(49)8)51(35-31-27-23-19-15-11-3)36-32-28-24-20-16-12-4;1-2/h37-40H,9-36,41H2,1-8H3;2H,1H3. The van der Waals surface area contributed by atoms with E-state index in [-0.39, 0.29) is 0 Å². The average molecular weight is 735 g/mol. The van der Waals surface area contributed by atoms with Gasteiger partial charge in [-0.3, -0.25) is 0 Å². The van der Waals surface area contributed by atoms with E-state index in [9.17, 15) is 0 Å². The molecule has 0 aliphatic rings. The second-order valence-electron chi connectivity index (χ2n) is 16.3. The van der Waals surface area contributed by atoms with Crippen LogP contribution in [0.25, 0.3) is 0 Å². The number of hydrogen-bond donors (Lipinski definition) is 1. The summed E-state index contributed by atoms with van der Waals surface area (Å²) in [5.41, 5.74) is 11.9. The number of aryl methyl sites for hydroxylation is 4. The van der Waals surface area contributed by atoms with E-state index in [2.05, 4.69) is 89.5 Å². The molecule has 0 heterocycles. The molecular weight excluding hydrogens is 645 g/mol. The fourth-order valence-corrected chi connectivity index (χ4v) is 8.11. The average Bonchev–Trinajstić information content (AvgIpc) is 3.15. The summed E-state index contributed by atoms with van der Waals surface area (Å²) in [5, 5.41) is 7.00. The third-order valence-corrected chi connectivity index (χ3v) is 11.6.